The minimum Gasteiger partial charge on any atom is -0.465 e. The third-order valence-corrected chi connectivity index (χ3v) is 22.4. The van der Waals surface area contributed by atoms with Gasteiger partial charge in [-0.2, -0.15) is 0 Å². The van der Waals surface area contributed by atoms with Gasteiger partial charge >= 0.3 is 23.9 Å². The SMILES string of the molecule is CO[C@]1(C)C[C@H](O[C@H]2[C@H](C)[C@@H](O[C@@H]3O[C@H](C)C[C@H](N(C)C)[C@H]3OC(=O)CCOC(=O)CCC(=O)OCC(=O)[C@@]3(O)[C@H](C)C[C@H]4[C@@H]5CCC6=CC(=O)C=C[C@]6(C)[C@@]5(F)[C@@H](O)C[C@@]43C)[C@](C)(O)C[C@@H](C)CN(C)[C@H](C)[C@@H](O)[C@](C)(O)[C@@H](CO)OC(=O)[C@@H]2C)O[C@@H](C)[C@@H]1O. The van der Waals surface area contributed by atoms with E-state index in [-0.39, 0.29) is 43.9 Å². The number of likely N-dealkylation sites (N-methyl/N-ethyl adjacent to an activating group) is 2. The van der Waals surface area contributed by atoms with Crippen molar-refractivity contribution < 1.29 is 112 Å². The fourth-order valence-corrected chi connectivity index (χ4v) is 16.8. The summed E-state index contributed by atoms with van der Waals surface area (Å²) < 4.78 is 72.6. The van der Waals surface area contributed by atoms with Gasteiger partial charge in [0.15, 0.2) is 42.8 Å². The molecule has 0 amide bonds. The number of fused-ring (bicyclic) bond motifs is 5. The van der Waals surface area contributed by atoms with Gasteiger partial charge < -0.3 is 88.2 Å². The fourth-order valence-electron chi connectivity index (χ4n) is 16.8. The molecule has 25 heteroatoms. The average Bonchev–Trinajstić information content (AvgIpc) is 1.63. The predicted molar refractivity (Wildman–Crippen MR) is 323 cm³/mol. The number of nitrogens with zero attached hydrogens (tertiary/aromatic N) is 2. The standard InChI is InChI=1S/C66H105FN2O22/c1-34-28-62(10,80)57(37(4)53(90-52-30-63(11,83-16)56(78)40(7)87-52)38(5)58(79)88-48(32-70)64(12,81)55(77)39(6)69(15)31-34)91-59-54(45(68(13)14)26-36(3)86-59)89-51(76)22-24-84-49(74)19-20-50(75)85-33-47(73)66(82)35(2)25-44-43-18-17-41-27-42(71)21-23-60(41,8)65(43,67)46(72)29-61(44,66)9/h21,23,27,34-40,43-46,48,52-57,59,70,72,77-78,80-82H,17-20,22,24-26,28-33H2,1-16H3/t34-,35-,36-,37+,38-,39-,40+,43+,44+,45+,46+,48-,52+,53+,54-,55-,56+,57-,59+,60+,61+,62-,63-,64-,65+,66+/m1/s1. The molecule has 3 saturated carbocycles. The topological polar surface area (TPSA) is 334 Å². The van der Waals surface area contributed by atoms with Crippen LogP contribution in [0.4, 0.5) is 4.39 Å². The van der Waals surface area contributed by atoms with Gasteiger partial charge in [-0.3, -0.25) is 28.8 Å². The number of hydrogen-bond acceptors (Lipinski definition) is 24. The Kier molecular flexibility index (Phi) is 23.2. The van der Waals surface area contributed by atoms with Crippen molar-refractivity contribution in [3.63, 3.8) is 0 Å². The summed E-state index contributed by atoms with van der Waals surface area (Å²) in [6.07, 6.45) is -9.66. The molecular formula is C66H105FN2O22. The van der Waals surface area contributed by atoms with E-state index in [9.17, 15) is 64.5 Å². The summed E-state index contributed by atoms with van der Waals surface area (Å²) in [5.74, 6) is -9.34. The summed E-state index contributed by atoms with van der Waals surface area (Å²) in [5.41, 5.74) is -11.4. The summed E-state index contributed by atoms with van der Waals surface area (Å²) in [4.78, 5) is 84.6. The van der Waals surface area contributed by atoms with Crippen molar-refractivity contribution in [1.29, 1.82) is 0 Å². The highest BCUT2D eigenvalue weighted by Gasteiger charge is 2.76. The number of esters is 4. The lowest BCUT2D eigenvalue weighted by atomic mass is 9.44. The number of carbonyl (C=O) groups excluding carboxylic acids is 6. The van der Waals surface area contributed by atoms with Crippen LogP contribution in [-0.2, 0) is 71.4 Å². The number of ketones is 2. The molecule has 0 aromatic rings. The van der Waals surface area contributed by atoms with Gasteiger partial charge in [0.25, 0.3) is 0 Å². The number of cyclic esters (lactones) is 1. The van der Waals surface area contributed by atoms with Gasteiger partial charge in [-0.15, -0.1) is 0 Å². The van der Waals surface area contributed by atoms with E-state index in [0.717, 1.165) is 0 Å². The summed E-state index contributed by atoms with van der Waals surface area (Å²) in [6.45, 7) is 17.8. The molecule has 7 N–H and O–H groups in total. The highest BCUT2D eigenvalue weighted by Crippen LogP contribution is 2.71. The van der Waals surface area contributed by atoms with Crippen LogP contribution in [0.25, 0.3) is 0 Å². The Morgan fingerprint density at radius 2 is 1.46 bits per heavy atom. The van der Waals surface area contributed by atoms with Gasteiger partial charge in [0, 0.05) is 48.8 Å². The molecule has 0 unspecified atom stereocenters. The molecule has 518 valence electrons. The molecule has 0 aromatic heterocycles. The predicted octanol–water partition coefficient (Wildman–Crippen LogP) is 3.21. The zero-order valence-corrected chi connectivity index (χ0v) is 56.1. The number of hydrogen-bond donors (Lipinski definition) is 7. The molecule has 6 fully saturated rings. The van der Waals surface area contributed by atoms with Crippen molar-refractivity contribution in [3.8, 4) is 0 Å². The number of halogens is 1. The van der Waals surface area contributed by atoms with Crippen LogP contribution in [-0.4, -0.2) is 243 Å². The average molecular weight is 1300 g/mol. The lowest BCUT2D eigenvalue weighted by molar-refractivity contribution is -0.319. The maximum atomic E-state index is 17.7. The van der Waals surface area contributed by atoms with Crippen LogP contribution in [0, 0.1) is 46.3 Å². The summed E-state index contributed by atoms with van der Waals surface area (Å²) in [7, 11) is 6.72. The second kappa shape index (κ2) is 28.4. The maximum absolute atomic E-state index is 17.7. The zero-order valence-electron chi connectivity index (χ0n) is 56.1. The molecule has 0 spiro atoms. The number of alkyl halides is 1. The van der Waals surface area contributed by atoms with Crippen LogP contribution in [0.3, 0.4) is 0 Å². The molecule has 0 bridgehead atoms. The molecule has 4 aliphatic carbocycles. The zero-order chi connectivity index (χ0) is 68.1. The monoisotopic (exact) mass is 1300 g/mol. The number of methoxy groups -OCH3 is 1. The van der Waals surface area contributed by atoms with Crippen molar-refractivity contribution in [3.05, 3.63) is 23.8 Å². The minimum absolute atomic E-state index is 0.0185. The highest BCUT2D eigenvalue weighted by atomic mass is 19.1. The Balaban J connectivity index is 1.03. The van der Waals surface area contributed by atoms with Crippen molar-refractivity contribution >= 4 is 35.4 Å². The van der Waals surface area contributed by atoms with Crippen molar-refractivity contribution in [2.24, 2.45) is 46.3 Å². The summed E-state index contributed by atoms with van der Waals surface area (Å²) in [5, 5.41) is 82.2. The van der Waals surface area contributed by atoms with Gasteiger partial charge in [-0.25, -0.2) is 4.39 Å². The van der Waals surface area contributed by atoms with Crippen LogP contribution < -0.4 is 0 Å². The number of Topliss-reactive ketones (excluding diaryl/α,β-unsaturated/α-hetero) is 1. The van der Waals surface area contributed by atoms with E-state index in [2.05, 4.69) is 0 Å². The Morgan fingerprint density at radius 3 is 2.09 bits per heavy atom. The fraction of sp³-hybridized carbons (Fsp3) is 0.848. The van der Waals surface area contributed by atoms with Crippen LogP contribution in [0.1, 0.15) is 147 Å². The van der Waals surface area contributed by atoms with Crippen molar-refractivity contribution in [1.82, 2.24) is 9.80 Å². The smallest absolute Gasteiger partial charge is 0.311 e. The summed E-state index contributed by atoms with van der Waals surface area (Å²) in [6, 6.07) is -1.32. The number of rotatable bonds is 17. The molecule has 3 aliphatic heterocycles. The number of allylic oxidation sites excluding steroid dienone is 4. The molecule has 7 aliphatic rings. The van der Waals surface area contributed by atoms with Crippen molar-refractivity contribution in [2.45, 2.75) is 255 Å². The molecule has 0 aromatic carbocycles. The normalized spacial score (nSPS) is 45.9. The number of carbonyl (C=O) groups is 6. The van der Waals surface area contributed by atoms with E-state index < -0.39 is 217 Å². The first-order valence-electron chi connectivity index (χ1n) is 32.4. The lowest BCUT2D eigenvalue weighted by Crippen LogP contribution is -2.69. The largest absolute Gasteiger partial charge is 0.465 e. The van der Waals surface area contributed by atoms with Crippen LogP contribution in [0.5, 0.6) is 0 Å². The number of aliphatic hydroxyl groups excluding tert-OH is 4. The molecule has 3 saturated heterocycles. The van der Waals surface area contributed by atoms with E-state index in [0.29, 0.717) is 24.8 Å². The van der Waals surface area contributed by atoms with Crippen LogP contribution in [0.2, 0.25) is 0 Å². The highest BCUT2D eigenvalue weighted by molar-refractivity contribution is 6.01. The first-order valence-corrected chi connectivity index (χ1v) is 32.4. The van der Waals surface area contributed by atoms with E-state index in [1.807, 2.05) is 11.8 Å². The van der Waals surface area contributed by atoms with Gasteiger partial charge in [0.05, 0.1) is 79.6 Å². The first-order chi connectivity index (χ1) is 42.2. The minimum atomic E-state index is -2.18. The van der Waals surface area contributed by atoms with Gasteiger partial charge in [-0.05, 0) is 145 Å². The molecule has 91 heavy (non-hydrogen) atoms. The van der Waals surface area contributed by atoms with E-state index in [1.54, 1.807) is 88.4 Å². The molecule has 0 radical (unpaired) electrons. The Bertz CT molecular complexity index is 2690. The second-order valence-corrected chi connectivity index (χ2v) is 29.1. The molecule has 24 nitrogen and oxygen atoms in total. The van der Waals surface area contributed by atoms with Crippen LogP contribution in [0.15, 0.2) is 23.8 Å². The number of aliphatic hydroxyl groups is 7. The van der Waals surface area contributed by atoms with E-state index >= 15 is 4.39 Å². The van der Waals surface area contributed by atoms with Gasteiger partial charge in [0.2, 0.25) is 5.78 Å². The lowest BCUT2D eigenvalue weighted by Gasteiger charge is -2.62. The Morgan fingerprint density at radius 1 is 0.813 bits per heavy atom. The maximum Gasteiger partial charge on any atom is 0.311 e. The molecule has 26 atom stereocenters. The third-order valence-electron chi connectivity index (χ3n) is 22.4. The third kappa shape index (κ3) is 14.5. The summed E-state index contributed by atoms with van der Waals surface area (Å²) >= 11 is 0. The van der Waals surface area contributed by atoms with Gasteiger partial charge in [-0.1, -0.05) is 39.3 Å². The quantitative estimate of drug-likeness (QED) is 0.0812. The van der Waals surface area contributed by atoms with Crippen LogP contribution >= 0.6 is 0 Å². The molecule has 3 heterocycles. The first kappa shape index (κ1) is 74.5. The van der Waals surface area contributed by atoms with E-state index in [1.165, 1.54) is 39.2 Å². The van der Waals surface area contributed by atoms with Crippen molar-refractivity contribution in [2.75, 3.05) is 54.6 Å². The van der Waals surface area contributed by atoms with E-state index in [4.69, 9.17) is 42.6 Å². The van der Waals surface area contributed by atoms with Gasteiger partial charge in [0.1, 0.15) is 30.0 Å². The second-order valence-electron chi connectivity index (χ2n) is 29.1. The molecule has 7 rings (SSSR count). The molecular weight excluding hydrogens is 1190 g/mol. The Labute approximate surface area is 534 Å². The number of ether oxygens (including phenoxy) is 9. The Hall–Kier alpha value is -3.93.